The number of nitro benzene ring substituents is 1. The van der Waals surface area contributed by atoms with E-state index in [0.717, 1.165) is 5.69 Å². The number of aromatic nitrogens is 2. The first kappa shape index (κ1) is 18.8. The van der Waals surface area contributed by atoms with E-state index in [1.807, 2.05) is 30.3 Å². The van der Waals surface area contributed by atoms with Crippen LogP contribution in [0.25, 0.3) is 17.1 Å². The predicted octanol–water partition coefficient (Wildman–Crippen LogP) is 3.80. The van der Waals surface area contributed by atoms with Crippen molar-refractivity contribution in [2.24, 2.45) is 5.10 Å². The van der Waals surface area contributed by atoms with E-state index in [4.69, 9.17) is 4.42 Å². The highest BCUT2D eigenvalue weighted by Crippen LogP contribution is 2.23. The van der Waals surface area contributed by atoms with Crippen molar-refractivity contribution in [3.8, 4) is 17.1 Å². The molecule has 4 rings (SSSR count). The van der Waals surface area contributed by atoms with Gasteiger partial charge in [-0.2, -0.15) is 10.2 Å². The van der Waals surface area contributed by atoms with Crippen LogP contribution in [0.15, 0.2) is 88.7 Å². The maximum absolute atomic E-state index is 12.2. The number of nitrogens with one attached hydrogen (secondary N) is 1. The number of para-hydroxylation sites is 1. The minimum absolute atomic E-state index is 0.0912. The van der Waals surface area contributed by atoms with Gasteiger partial charge in [-0.15, -0.1) is 0 Å². The fourth-order valence-electron chi connectivity index (χ4n) is 2.76. The van der Waals surface area contributed by atoms with Crippen molar-refractivity contribution >= 4 is 17.8 Å². The highest BCUT2D eigenvalue weighted by atomic mass is 16.6. The minimum Gasteiger partial charge on any atom is -0.463 e. The maximum atomic E-state index is 12.2. The Bertz CT molecular complexity index is 1200. The molecule has 2 aromatic carbocycles. The van der Waals surface area contributed by atoms with E-state index < -0.39 is 10.8 Å². The molecule has 0 aliphatic carbocycles. The number of nitrogens with zero attached hydrogens (tertiary/aromatic N) is 4. The molecule has 30 heavy (non-hydrogen) atoms. The number of hydrogen-bond donors (Lipinski definition) is 1. The summed E-state index contributed by atoms with van der Waals surface area (Å²) in [5, 5.41) is 19.3. The number of non-ortho nitro benzene ring substituents is 1. The molecule has 0 spiro atoms. The molecule has 9 heteroatoms. The Morgan fingerprint density at radius 3 is 2.53 bits per heavy atom. The number of furan rings is 1. The average Bonchev–Trinajstić information content (AvgIpc) is 3.44. The number of carbonyl (C=O) groups excluding carboxylic acids is 1. The Balaban J connectivity index is 1.56. The summed E-state index contributed by atoms with van der Waals surface area (Å²) >= 11 is 0. The molecule has 0 unspecified atom stereocenters. The van der Waals surface area contributed by atoms with Gasteiger partial charge in [0.25, 0.3) is 11.6 Å². The average molecular weight is 401 g/mol. The van der Waals surface area contributed by atoms with Crippen LogP contribution in [0.2, 0.25) is 0 Å². The van der Waals surface area contributed by atoms with Crippen LogP contribution in [-0.2, 0) is 0 Å². The van der Waals surface area contributed by atoms with E-state index in [9.17, 15) is 14.9 Å². The third-order valence-electron chi connectivity index (χ3n) is 4.23. The van der Waals surface area contributed by atoms with Crippen LogP contribution in [-0.4, -0.2) is 26.8 Å². The summed E-state index contributed by atoms with van der Waals surface area (Å²) < 4.78 is 7.15. The SMILES string of the molecule is O=C(N/N=C\c1cn(-c2ccccc2)nc1-c1ccco1)c1ccc([N+](=O)[O-])cc1. The number of rotatable bonds is 6. The van der Waals surface area contributed by atoms with E-state index in [2.05, 4.69) is 15.6 Å². The lowest BCUT2D eigenvalue weighted by Crippen LogP contribution is -2.17. The third kappa shape index (κ3) is 3.99. The second-order valence-corrected chi connectivity index (χ2v) is 6.19. The van der Waals surface area contributed by atoms with Crippen LogP contribution in [0.5, 0.6) is 0 Å². The van der Waals surface area contributed by atoms with Crippen LogP contribution >= 0.6 is 0 Å². The normalized spacial score (nSPS) is 10.9. The van der Waals surface area contributed by atoms with Gasteiger partial charge >= 0.3 is 0 Å². The number of amides is 1. The number of carbonyl (C=O) groups is 1. The lowest BCUT2D eigenvalue weighted by Gasteiger charge is -1.99. The van der Waals surface area contributed by atoms with E-state index >= 15 is 0 Å². The fourth-order valence-corrected chi connectivity index (χ4v) is 2.76. The summed E-state index contributed by atoms with van der Waals surface area (Å²) in [4.78, 5) is 22.4. The van der Waals surface area contributed by atoms with Crippen molar-refractivity contribution in [2.75, 3.05) is 0 Å². The molecular weight excluding hydrogens is 386 g/mol. The Morgan fingerprint density at radius 2 is 1.87 bits per heavy atom. The van der Waals surface area contributed by atoms with Crippen molar-refractivity contribution < 1.29 is 14.1 Å². The van der Waals surface area contributed by atoms with Crippen molar-refractivity contribution in [3.63, 3.8) is 0 Å². The molecule has 2 heterocycles. The topological polar surface area (TPSA) is 116 Å². The van der Waals surface area contributed by atoms with Gasteiger partial charge in [0.2, 0.25) is 0 Å². The highest BCUT2D eigenvalue weighted by Gasteiger charge is 2.14. The zero-order valence-corrected chi connectivity index (χ0v) is 15.5. The standard InChI is InChI=1S/C21H15N5O4/c27-21(15-8-10-18(11-9-15)26(28)29)23-22-13-16-14-25(17-5-2-1-3-6-17)24-20(16)19-7-4-12-30-19/h1-14H,(H,23,27)/b22-13-. The molecule has 0 saturated carbocycles. The maximum Gasteiger partial charge on any atom is 0.271 e. The second-order valence-electron chi connectivity index (χ2n) is 6.19. The van der Waals surface area contributed by atoms with E-state index in [1.54, 1.807) is 29.3 Å². The van der Waals surface area contributed by atoms with Crippen molar-refractivity contribution in [1.82, 2.24) is 15.2 Å². The molecule has 0 aliphatic rings. The van der Waals surface area contributed by atoms with Crippen molar-refractivity contribution in [3.05, 3.63) is 100 Å². The molecule has 0 bridgehead atoms. The third-order valence-corrected chi connectivity index (χ3v) is 4.23. The summed E-state index contributed by atoms with van der Waals surface area (Å²) in [7, 11) is 0. The Hall–Kier alpha value is -4.53. The zero-order chi connectivity index (χ0) is 20.9. The molecule has 1 amide bonds. The monoisotopic (exact) mass is 401 g/mol. The fraction of sp³-hybridized carbons (Fsp3) is 0. The van der Waals surface area contributed by atoms with Gasteiger partial charge in [-0.3, -0.25) is 14.9 Å². The van der Waals surface area contributed by atoms with E-state index in [0.29, 0.717) is 17.0 Å². The van der Waals surface area contributed by atoms with Gasteiger partial charge in [0.15, 0.2) is 5.76 Å². The summed E-state index contributed by atoms with van der Waals surface area (Å²) in [6, 6.07) is 18.3. The van der Waals surface area contributed by atoms with Crippen LogP contribution in [0.4, 0.5) is 5.69 Å². The summed E-state index contributed by atoms with van der Waals surface area (Å²) in [6.45, 7) is 0. The molecule has 0 fully saturated rings. The Labute approximate surface area is 170 Å². The van der Waals surface area contributed by atoms with Gasteiger partial charge in [-0.1, -0.05) is 18.2 Å². The van der Waals surface area contributed by atoms with Crippen LogP contribution in [0.3, 0.4) is 0 Å². The second kappa shape index (κ2) is 8.23. The van der Waals surface area contributed by atoms with E-state index in [-0.39, 0.29) is 11.3 Å². The van der Waals surface area contributed by atoms with Gasteiger partial charge in [-0.05, 0) is 36.4 Å². The molecule has 0 saturated heterocycles. The number of hydrogen-bond acceptors (Lipinski definition) is 6. The first-order chi connectivity index (χ1) is 14.6. The van der Waals surface area contributed by atoms with Crippen LogP contribution in [0.1, 0.15) is 15.9 Å². The van der Waals surface area contributed by atoms with Crippen LogP contribution < -0.4 is 5.43 Å². The summed E-state index contributed by atoms with van der Waals surface area (Å²) in [6.07, 6.45) is 4.79. The lowest BCUT2D eigenvalue weighted by atomic mass is 10.2. The molecule has 0 radical (unpaired) electrons. The minimum atomic E-state index is -0.527. The molecule has 0 atom stereocenters. The van der Waals surface area contributed by atoms with Gasteiger partial charge in [0, 0.05) is 29.5 Å². The summed E-state index contributed by atoms with van der Waals surface area (Å²) in [5.41, 5.74) is 4.64. The van der Waals surface area contributed by atoms with Gasteiger partial charge in [0.05, 0.1) is 23.1 Å². The lowest BCUT2D eigenvalue weighted by molar-refractivity contribution is -0.384. The Morgan fingerprint density at radius 1 is 1.10 bits per heavy atom. The quantitative estimate of drug-likeness (QED) is 0.300. The van der Waals surface area contributed by atoms with Crippen LogP contribution in [0, 0.1) is 10.1 Å². The van der Waals surface area contributed by atoms with Gasteiger partial charge < -0.3 is 4.42 Å². The van der Waals surface area contributed by atoms with Crippen molar-refractivity contribution in [2.45, 2.75) is 0 Å². The Kier molecular flexibility index (Phi) is 5.16. The first-order valence-corrected chi connectivity index (χ1v) is 8.88. The van der Waals surface area contributed by atoms with E-state index in [1.165, 1.54) is 30.5 Å². The molecule has 0 aliphatic heterocycles. The molecule has 4 aromatic rings. The predicted molar refractivity (Wildman–Crippen MR) is 109 cm³/mol. The zero-order valence-electron chi connectivity index (χ0n) is 15.5. The molecule has 1 N–H and O–H groups in total. The number of hydrazone groups is 1. The highest BCUT2D eigenvalue weighted by molar-refractivity contribution is 5.95. The summed E-state index contributed by atoms with van der Waals surface area (Å²) in [5.74, 6) is 0.0731. The molecular formula is C21H15N5O4. The van der Waals surface area contributed by atoms with Gasteiger partial charge in [0.1, 0.15) is 5.69 Å². The number of nitro groups is 1. The molecule has 9 nitrogen and oxygen atoms in total. The van der Waals surface area contributed by atoms with Gasteiger partial charge in [-0.25, -0.2) is 10.1 Å². The largest absolute Gasteiger partial charge is 0.463 e. The van der Waals surface area contributed by atoms with Crippen molar-refractivity contribution in [1.29, 1.82) is 0 Å². The molecule has 148 valence electrons. The smallest absolute Gasteiger partial charge is 0.271 e. The number of benzene rings is 2. The molecule has 2 aromatic heterocycles. The first-order valence-electron chi connectivity index (χ1n) is 8.88.